The van der Waals surface area contributed by atoms with Gasteiger partial charge in [0.05, 0.1) is 12.2 Å². The van der Waals surface area contributed by atoms with Gasteiger partial charge in [-0.05, 0) is 19.8 Å². The molecule has 0 amide bonds. The van der Waals surface area contributed by atoms with Crippen molar-refractivity contribution in [2.24, 2.45) is 5.92 Å². The molecule has 1 N–H and O–H groups in total. The summed E-state index contributed by atoms with van der Waals surface area (Å²) < 4.78 is 11.5. The standard InChI is InChI=1S/C11H23NO2/c1-9(2)11(8-13-5)7-12-6-10(3,4)14-11/h9,12H,6-8H2,1-5H3. The Morgan fingerprint density at radius 3 is 2.43 bits per heavy atom. The van der Waals surface area contributed by atoms with E-state index in [1.54, 1.807) is 7.11 Å². The first-order valence-electron chi connectivity index (χ1n) is 5.32. The third-order valence-corrected chi connectivity index (χ3v) is 2.90. The van der Waals surface area contributed by atoms with Crippen LogP contribution in [0.15, 0.2) is 0 Å². The fraction of sp³-hybridized carbons (Fsp3) is 1.00. The molecule has 0 saturated carbocycles. The summed E-state index contributed by atoms with van der Waals surface area (Å²) in [5, 5.41) is 3.43. The van der Waals surface area contributed by atoms with Crippen LogP contribution in [-0.2, 0) is 9.47 Å². The molecule has 3 nitrogen and oxygen atoms in total. The Labute approximate surface area is 87.2 Å². The SMILES string of the molecule is COCC1(C(C)C)CNCC(C)(C)O1. The van der Waals surface area contributed by atoms with E-state index in [-0.39, 0.29) is 11.2 Å². The minimum atomic E-state index is -0.170. The lowest BCUT2D eigenvalue weighted by Gasteiger charge is -2.47. The van der Waals surface area contributed by atoms with Crippen molar-refractivity contribution in [3.05, 3.63) is 0 Å². The summed E-state index contributed by atoms with van der Waals surface area (Å²) in [6, 6.07) is 0. The molecule has 1 atom stereocenters. The molecular weight excluding hydrogens is 178 g/mol. The topological polar surface area (TPSA) is 30.5 Å². The molecule has 1 fully saturated rings. The van der Waals surface area contributed by atoms with E-state index >= 15 is 0 Å². The summed E-state index contributed by atoms with van der Waals surface area (Å²) in [4.78, 5) is 0. The maximum Gasteiger partial charge on any atom is 0.107 e. The van der Waals surface area contributed by atoms with Gasteiger partial charge < -0.3 is 14.8 Å². The first-order chi connectivity index (χ1) is 6.42. The largest absolute Gasteiger partial charge is 0.382 e. The molecule has 1 saturated heterocycles. The fourth-order valence-corrected chi connectivity index (χ4v) is 2.01. The first kappa shape index (κ1) is 12.0. The van der Waals surface area contributed by atoms with Crippen LogP contribution in [0.25, 0.3) is 0 Å². The van der Waals surface area contributed by atoms with Crippen LogP contribution in [0.2, 0.25) is 0 Å². The zero-order valence-electron chi connectivity index (χ0n) is 10.0. The van der Waals surface area contributed by atoms with Gasteiger partial charge in [0.2, 0.25) is 0 Å². The van der Waals surface area contributed by atoms with Crippen LogP contribution < -0.4 is 5.32 Å². The minimum Gasteiger partial charge on any atom is -0.382 e. The molecule has 14 heavy (non-hydrogen) atoms. The van der Waals surface area contributed by atoms with E-state index in [1.165, 1.54) is 0 Å². The van der Waals surface area contributed by atoms with E-state index in [0.29, 0.717) is 12.5 Å². The number of hydrogen-bond acceptors (Lipinski definition) is 3. The molecule has 1 aliphatic rings. The average molecular weight is 201 g/mol. The van der Waals surface area contributed by atoms with Crippen molar-refractivity contribution in [2.45, 2.75) is 38.9 Å². The predicted molar refractivity (Wildman–Crippen MR) is 57.5 cm³/mol. The number of ether oxygens (including phenoxy) is 2. The lowest BCUT2D eigenvalue weighted by atomic mass is 9.87. The molecule has 1 heterocycles. The second kappa shape index (κ2) is 4.17. The Kier molecular flexibility index (Phi) is 3.56. The Morgan fingerprint density at radius 2 is 2.00 bits per heavy atom. The molecule has 0 aromatic carbocycles. The van der Waals surface area contributed by atoms with E-state index in [2.05, 4.69) is 33.0 Å². The Balaban J connectivity index is 2.76. The highest BCUT2D eigenvalue weighted by atomic mass is 16.6. The zero-order chi connectivity index (χ0) is 10.8. The van der Waals surface area contributed by atoms with Crippen molar-refractivity contribution in [3.63, 3.8) is 0 Å². The Hall–Kier alpha value is -0.120. The third kappa shape index (κ3) is 2.47. The van der Waals surface area contributed by atoms with Gasteiger partial charge >= 0.3 is 0 Å². The van der Waals surface area contributed by atoms with Crippen LogP contribution >= 0.6 is 0 Å². The van der Waals surface area contributed by atoms with E-state index in [4.69, 9.17) is 9.47 Å². The molecular formula is C11H23NO2. The highest BCUT2D eigenvalue weighted by Gasteiger charge is 2.43. The Bertz CT molecular complexity index is 188. The van der Waals surface area contributed by atoms with E-state index in [0.717, 1.165) is 13.1 Å². The smallest absolute Gasteiger partial charge is 0.107 e. The highest BCUT2D eigenvalue weighted by molar-refractivity contribution is 4.94. The van der Waals surface area contributed by atoms with Crippen molar-refractivity contribution in [2.75, 3.05) is 26.8 Å². The van der Waals surface area contributed by atoms with E-state index < -0.39 is 0 Å². The van der Waals surface area contributed by atoms with Gasteiger partial charge in [-0.2, -0.15) is 0 Å². The summed E-state index contributed by atoms with van der Waals surface area (Å²) in [6.07, 6.45) is 0. The van der Waals surface area contributed by atoms with E-state index in [9.17, 15) is 0 Å². The maximum absolute atomic E-state index is 6.18. The number of rotatable bonds is 3. The zero-order valence-corrected chi connectivity index (χ0v) is 10.0. The predicted octanol–water partition coefficient (Wildman–Crippen LogP) is 1.43. The first-order valence-corrected chi connectivity index (χ1v) is 5.32. The molecule has 0 aliphatic carbocycles. The van der Waals surface area contributed by atoms with Gasteiger partial charge in [0.15, 0.2) is 0 Å². The van der Waals surface area contributed by atoms with Gasteiger partial charge in [0.25, 0.3) is 0 Å². The van der Waals surface area contributed by atoms with Crippen molar-refractivity contribution in [3.8, 4) is 0 Å². The summed E-state index contributed by atoms with van der Waals surface area (Å²) in [7, 11) is 1.73. The van der Waals surface area contributed by atoms with Crippen LogP contribution in [0.5, 0.6) is 0 Å². The molecule has 0 bridgehead atoms. The lowest BCUT2D eigenvalue weighted by molar-refractivity contribution is -0.202. The second-order valence-electron chi connectivity index (χ2n) is 5.12. The summed E-state index contributed by atoms with van der Waals surface area (Å²) >= 11 is 0. The van der Waals surface area contributed by atoms with Gasteiger partial charge in [-0.1, -0.05) is 13.8 Å². The summed E-state index contributed by atoms with van der Waals surface area (Å²) in [5.41, 5.74) is -0.266. The quantitative estimate of drug-likeness (QED) is 0.749. The average Bonchev–Trinajstić information content (AvgIpc) is 2.02. The van der Waals surface area contributed by atoms with Crippen molar-refractivity contribution >= 4 is 0 Å². The summed E-state index contributed by atoms with van der Waals surface area (Å²) in [5.74, 6) is 0.453. The molecule has 1 aliphatic heterocycles. The van der Waals surface area contributed by atoms with E-state index in [1.807, 2.05) is 0 Å². The van der Waals surface area contributed by atoms with Crippen LogP contribution in [0.1, 0.15) is 27.7 Å². The molecule has 1 rings (SSSR count). The number of hydrogen-bond donors (Lipinski definition) is 1. The van der Waals surface area contributed by atoms with Crippen LogP contribution in [0.4, 0.5) is 0 Å². The van der Waals surface area contributed by atoms with Crippen LogP contribution in [0, 0.1) is 5.92 Å². The lowest BCUT2D eigenvalue weighted by Crippen LogP contribution is -2.62. The summed E-state index contributed by atoms with van der Waals surface area (Å²) in [6.45, 7) is 11.0. The molecule has 1 unspecified atom stereocenters. The third-order valence-electron chi connectivity index (χ3n) is 2.90. The van der Waals surface area contributed by atoms with Crippen LogP contribution in [-0.4, -0.2) is 38.0 Å². The normalized spacial score (nSPS) is 32.1. The van der Waals surface area contributed by atoms with Gasteiger partial charge in [-0.15, -0.1) is 0 Å². The number of nitrogens with one attached hydrogen (secondary N) is 1. The number of methoxy groups -OCH3 is 1. The molecule has 0 aromatic heterocycles. The Morgan fingerprint density at radius 1 is 1.36 bits per heavy atom. The molecule has 3 heteroatoms. The van der Waals surface area contributed by atoms with Crippen molar-refractivity contribution < 1.29 is 9.47 Å². The molecule has 0 aromatic rings. The second-order valence-corrected chi connectivity index (χ2v) is 5.12. The minimum absolute atomic E-state index is 0.0962. The fourth-order valence-electron chi connectivity index (χ4n) is 2.01. The van der Waals surface area contributed by atoms with Gasteiger partial charge in [-0.25, -0.2) is 0 Å². The molecule has 0 spiro atoms. The maximum atomic E-state index is 6.18. The van der Waals surface area contributed by atoms with Gasteiger partial charge in [0.1, 0.15) is 5.60 Å². The van der Waals surface area contributed by atoms with Gasteiger partial charge in [-0.3, -0.25) is 0 Å². The highest BCUT2D eigenvalue weighted by Crippen LogP contribution is 2.30. The number of morpholine rings is 1. The van der Waals surface area contributed by atoms with Gasteiger partial charge in [0, 0.05) is 20.2 Å². The molecule has 0 radical (unpaired) electrons. The molecule has 84 valence electrons. The van der Waals surface area contributed by atoms with Crippen molar-refractivity contribution in [1.29, 1.82) is 0 Å². The van der Waals surface area contributed by atoms with Crippen LogP contribution in [0.3, 0.4) is 0 Å². The monoisotopic (exact) mass is 201 g/mol. The van der Waals surface area contributed by atoms with Crippen molar-refractivity contribution in [1.82, 2.24) is 5.32 Å².